The van der Waals surface area contributed by atoms with Gasteiger partial charge in [0.15, 0.2) is 0 Å². The van der Waals surface area contributed by atoms with Crippen molar-refractivity contribution >= 4 is 23.2 Å². The van der Waals surface area contributed by atoms with E-state index in [-0.39, 0.29) is 17.4 Å². The first-order valence-corrected chi connectivity index (χ1v) is 5.79. The Morgan fingerprint density at radius 3 is 2.42 bits per heavy atom. The van der Waals surface area contributed by atoms with E-state index in [0.29, 0.717) is 11.1 Å². The van der Waals surface area contributed by atoms with Crippen LogP contribution in [0, 0.1) is 0 Å². The van der Waals surface area contributed by atoms with Crippen LogP contribution in [0.2, 0.25) is 0 Å². The van der Waals surface area contributed by atoms with E-state index in [1.807, 2.05) is 24.3 Å². The van der Waals surface area contributed by atoms with Gasteiger partial charge in [0.05, 0.1) is 0 Å². The zero-order valence-corrected chi connectivity index (χ0v) is 9.92. The molecular formula is C15H11NO3. The Labute approximate surface area is 109 Å². The first-order chi connectivity index (χ1) is 9.13. The minimum atomic E-state index is -0.191. The summed E-state index contributed by atoms with van der Waals surface area (Å²) in [7, 11) is 0. The van der Waals surface area contributed by atoms with Gasteiger partial charge >= 0.3 is 0 Å². The van der Waals surface area contributed by atoms with Crippen molar-refractivity contribution in [3.05, 3.63) is 53.6 Å². The lowest BCUT2D eigenvalue weighted by Crippen LogP contribution is -2.03. The number of nitrogens with one attached hydrogen (secondary N) is 1. The molecule has 4 nitrogen and oxygen atoms in total. The van der Waals surface area contributed by atoms with Gasteiger partial charge < -0.3 is 15.5 Å². The van der Waals surface area contributed by atoms with Crippen molar-refractivity contribution in [2.24, 2.45) is 0 Å². The number of amides is 1. The quantitative estimate of drug-likeness (QED) is 0.684. The Morgan fingerprint density at radius 1 is 1.00 bits per heavy atom. The van der Waals surface area contributed by atoms with E-state index in [1.165, 1.54) is 18.2 Å². The summed E-state index contributed by atoms with van der Waals surface area (Å²) < 4.78 is 0. The molecule has 0 bridgehead atoms. The fourth-order valence-electron chi connectivity index (χ4n) is 2.15. The topological polar surface area (TPSA) is 69.6 Å². The van der Waals surface area contributed by atoms with Gasteiger partial charge in [0, 0.05) is 22.9 Å². The van der Waals surface area contributed by atoms with E-state index >= 15 is 0 Å². The molecule has 1 aliphatic rings. The minimum Gasteiger partial charge on any atom is -0.508 e. The SMILES string of the molecule is O=C1Nc2ccccc2/C1=C/c1cc(O)cc(O)c1. The number of phenols is 2. The second kappa shape index (κ2) is 4.17. The summed E-state index contributed by atoms with van der Waals surface area (Å²) in [6, 6.07) is 11.6. The molecule has 0 fully saturated rings. The molecule has 3 N–H and O–H groups in total. The lowest BCUT2D eigenvalue weighted by Gasteiger charge is -2.00. The van der Waals surface area contributed by atoms with Crippen LogP contribution in [-0.4, -0.2) is 16.1 Å². The molecule has 2 aromatic rings. The second-order valence-electron chi connectivity index (χ2n) is 4.34. The van der Waals surface area contributed by atoms with Gasteiger partial charge in [0.25, 0.3) is 5.91 Å². The lowest BCUT2D eigenvalue weighted by atomic mass is 10.0. The number of anilines is 1. The summed E-state index contributed by atoms with van der Waals surface area (Å²) in [6.07, 6.45) is 1.64. The average molecular weight is 253 g/mol. The van der Waals surface area contributed by atoms with Gasteiger partial charge in [-0.1, -0.05) is 18.2 Å². The fourth-order valence-corrected chi connectivity index (χ4v) is 2.15. The van der Waals surface area contributed by atoms with Crippen LogP contribution in [0.15, 0.2) is 42.5 Å². The maximum Gasteiger partial charge on any atom is 0.256 e. The Kier molecular flexibility index (Phi) is 2.49. The van der Waals surface area contributed by atoms with E-state index in [1.54, 1.807) is 6.08 Å². The third kappa shape index (κ3) is 2.04. The fraction of sp³-hybridized carbons (Fsp3) is 0. The molecule has 0 aromatic heterocycles. The number of fused-ring (bicyclic) bond motifs is 1. The number of para-hydroxylation sites is 1. The average Bonchev–Trinajstić information content (AvgIpc) is 2.65. The van der Waals surface area contributed by atoms with Crippen molar-refractivity contribution in [1.29, 1.82) is 0 Å². The van der Waals surface area contributed by atoms with Crippen LogP contribution in [0.5, 0.6) is 11.5 Å². The summed E-state index contributed by atoms with van der Waals surface area (Å²) in [6.45, 7) is 0. The first kappa shape index (κ1) is 11.3. The van der Waals surface area contributed by atoms with E-state index in [0.717, 1.165) is 11.3 Å². The number of carbonyl (C=O) groups excluding carboxylic acids is 1. The maximum absolute atomic E-state index is 11.9. The molecule has 0 aliphatic carbocycles. The number of benzene rings is 2. The van der Waals surface area contributed by atoms with Crippen molar-refractivity contribution in [3.63, 3.8) is 0 Å². The molecule has 1 amide bonds. The van der Waals surface area contributed by atoms with E-state index in [4.69, 9.17) is 0 Å². The molecule has 0 saturated heterocycles. The van der Waals surface area contributed by atoms with E-state index in [2.05, 4.69) is 5.32 Å². The molecule has 0 saturated carbocycles. The number of phenolic OH excluding ortho intramolecular Hbond substituents is 2. The van der Waals surface area contributed by atoms with Gasteiger partial charge in [-0.3, -0.25) is 4.79 Å². The van der Waals surface area contributed by atoms with Crippen LogP contribution >= 0.6 is 0 Å². The maximum atomic E-state index is 11.9. The molecule has 1 aliphatic heterocycles. The number of rotatable bonds is 1. The van der Waals surface area contributed by atoms with Crippen molar-refractivity contribution in [2.45, 2.75) is 0 Å². The van der Waals surface area contributed by atoms with Gasteiger partial charge in [-0.15, -0.1) is 0 Å². The molecule has 94 valence electrons. The van der Waals surface area contributed by atoms with E-state index < -0.39 is 0 Å². The number of aromatic hydroxyl groups is 2. The molecule has 0 radical (unpaired) electrons. The zero-order valence-electron chi connectivity index (χ0n) is 9.92. The zero-order chi connectivity index (χ0) is 13.4. The van der Waals surface area contributed by atoms with Crippen LogP contribution in [0.4, 0.5) is 5.69 Å². The Morgan fingerprint density at radius 2 is 1.68 bits per heavy atom. The van der Waals surface area contributed by atoms with Crippen molar-refractivity contribution in [2.75, 3.05) is 5.32 Å². The summed E-state index contributed by atoms with van der Waals surface area (Å²) in [5.41, 5.74) is 2.67. The second-order valence-corrected chi connectivity index (χ2v) is 4.34. The van der Waals surface area contributed by atoms with Crippen LogP contribution < -0.4 is 5.32 Å². The summed E-state index contributed by atoms with van der Waals surface area (Å²) in [4.78, 5) is 11.9. The van der Waals surface area contributed by atoms with Crippen LogP contribution in [0.25, 0.3) is 11.6 Å². The smallest absolute Gasteiger partial charge is 0.256 e. The highest BCUT2D eigenvalue weighted by Crippen LogP contribution is 2.33. The first-order valence-electron chi connectivity index (χ1n) is 5.79. The number of hydrogen-bond donors (Lipinski definition) is 3. The van der Waals surface area contributed by atoms with Gasteiger partial charge in [0.1, 0.15) is 11.5 Å². The highest BCUT2D eigenvalue weighted by atomic mass is 16.3. The highest BCUT2D eigenvalue weighted by molar-refractivity contribution is 6.34. The highest BCUT2D eigenvalue weighted by Gasteiger charge is 2.23. The number of hydrogen-bond acceptors (Lipinski definition) is 3. The molecule has 4 heteroatoms. The standard InChI is InChI=1S/C15H11NO3/c17-10-5-9(6-11(18)8-10)7-13-12-3-1-2-4-14(12)16-15(13)19/h1-8,17-18H,(H,16,19)/b13-7-. The van der Waals surface area contributed by atoms with Gasteiger partial charge in [-0.25, -0.2) is 0 Å². The number of carbonyl (C=O) groups is 1. The lowest BCUT2D eigenvalue weighted by molar-refractivity contribution is -0.110. The predicted octanol–water partition coefficient (Wildman–Crippen LogP) is 2.59. The third-order valence-corrected chi connectivity index (χ3v) is 2.95. The van der Waals surface area contributed by atoms with Gasteiger partial charge in [0.2, 0.25) is 0 Å². The Hall–Kier alpha value is -2.75. The molecule has 2 aromatic carbocycles. The van der Waals surface area contributed by atoms with Gasteiger partial charge in [-0.05, 0) is 29.8 Å². The van der Waals surface area contributed by atoms with Crippen LogP contribution in [0.1, 0.15) is 11.1 Å². The molecule has 19 heavy (non-hydrogen) atoms. The largest absolute Gasteiger partial charge is 0.508 e. The summed E-state index contributed by atoms with van der Waals surface area (Å²) in [5.74, 6) is -0.277. The molecule has 0 unspecified atom stereocenters. The van der Waals surface area contributed by atoms with Crippen LogP contribution in [0.3, 0.4) is 0 Å². The monoisotopic (exact) mass is 253 g/mol. The summed E-state index contributed by atoms with van der Waals surface area (Å²) in [5, 5.41) is 21.6. The predicted molar refractivity (Wildman–Crippen MR) is 72.7 cm³/mol. The molecule has 1 heterocycles. The Bertz CT molecular complexity index is 684. The van der Waals surface area contributed by atoms with Crippen molar-refractivity contribution < 1.29 is 15.0 Å². The summed E-state index contributed by atoms with van der Waals surface area (Å²) >= 11 is 0. The molecule has 0 spiro atoms. The molecule has 0 atom stereocenters. The minimum absolute atomic E-state index is 0.0430. The van der Waals surface area contributed by atoms with Crippen molar-refractivity contribution in [1.82, 2.24) is 0 Å². The van der Waals surface area contributed by atoms with Gasteiger partial charge in [-0.2, -0.15) is 0 Å². The third-order valence-electron chi connectivity index (χ3n) is 2.95. The van der Waals surface area contributed by atoms with Crippen LogP contribution in [-0.2, 0) is 4.79 Å². The molecule has 3 rings (SSSR count). The molecular weight excluding hydrogens is 242 g/mol. The van der Waals surface area contributed by atoms with Crippen molar-refractivity contribution in [3.8, 4) is 11.5 Å². The Balaban J connectivity index is 2.11. The normalized spacial score (nSPS) is 15.4. The van der Waals surface area contributed by atoms with E-state index in [9.17, 15) is 15.0 Å².